The van der Waals surface area contributed by atoms with Crippen molar-refractivity contribution in [3.05, 3.63) is 72.7 Å². The van der Waals surface area contributed by atoms with E-state index in [0.29, 0.717) is 16.7 Å². The fraction of sp³-hybridized carbons (Fsp3) is 0.0952. The number of amides is 1. The van der Waals surface area contributed by atoms with Gasteiger partial charge in [0.2, 0.25) is 11.1 Å². The maximum Gasteiger partial charge on any atom is 0.234 e. The minimum Gasteiger partial charge on any atom is -0.469 e. The lowest BCUT2D eigenvalue weighted by molar-refractivity contribution is -0.113. The molecule has 0 aliphatic heterocycles. The van der Waals surface area contributed by atoms with E-state index in [1.807, 2.05) is 61.5 Å². The number of nitrogen functional groups attached to an aromatic ring is 1. The van der Waals surface area contributed by atoms with Gasteiger partial charge >= 0.3 is 0 Å². The molecule has 8 heteroatoms. The second-order valence-corrected chi connectivity index (χ2v) is 7.29. The minimum absolute atomic E-state index is 0.147. The Kier molecular flexibility index (Phi) is 5.35. The van der Waals surface area contributed by atoms with E-state index in [9.17, 15) is 4.79 Å². The van der Waals surface area contributed by atoms with Crippen molar-refractivity contribution in [3.63, 3.8) is 0 Å². The molecule has 0 aliphatic rings. The van der Waals surface area contributed by atoms with E-state index in [4.69, 9.17) is 10.3 Å². The summed E-state index contributed by atoms with van der Waals surface area (Å²) in [7, 11) is 0. The predicted molar refractivity (Wildman–Crippen MR) is 114 cm³/mol. The van der Waals surface area contributed by atoms with Gasteiger partial charge in [-0.05, 0) is 36.2 Å². The first-order chi connectivity index (χ1) is 14.1. The zero-order valence-corrected chi connectivity index (χ0v) is 16.5. The number of aryl methyl sites for hydroxylation is 1. The van der Waals surface area contributed by atoms with E-state index in [0.717, 1.165) is 22.4 Å². The van der Waals surface area contributed by atoms with Crippen LogP contribution in [0.4, 0.5) is 5.69 Å². The average molecular weight is 405 g/mol. The number of hydrogen-bond donors (Lipinski definition) is 2. The Bertz CT molecular complexity index is 1120. The number of anilines is 1. The van der Waals surface area contributed by atoms with Gasteiger partial charge < -0.3 is 15.6 Å². The van der Waals surface area contributed by atoms with Crippen molar-refractivity contribution in [2.45, 2.75) is 12.1 Å². The molecule has 0 radical (unpaired) electrons. The average Bonchev–Trinajstić information content (AvgIpc) is 3.32. The number of furan rings is 1. The third kappa shape index (κ3) is 4.17. The van der Waals surface area contributed by atoms with E-state index >= 15 is 0 Å². The van der Waals surface area contributed by atoms with Crippen LogP contribution in [0.3, 0.4) is 0 Å². The van der Waals surface area contributed by atoms with Gasteiger partial charge in [0.25, 0.3) is 0 Å². The molecule has 3 N–H and O–H groups in total. The van der Waals surface area contributed by atoms with Crippen LogP contribution >= 0.6 is 11.8 Å². The van der Waals surface area contributed by atoms with Gasteiger partial charge in [0.1, 0.15) is 5.76 Å². The Balaban J connectivity index is 1.36. The number of hydrogen-bond acceptors (Lipinski definition) is 6. The van der Waals surface area contributed by atoms with E-state index in [1.165, 1.54) is 16.4 Å². The molecule has 2 aromatic heterocycles. The summed E-state index contributed by atoms with van der Waals surface area (Å²) in [6.07, 6.45) is 1.57. The molecule has 0 spiro atoms. The monoisotopic (exact) mass is 405 g/mol. The molecule has 0 unspecified atom stereocenters. The van der Waals surface area contributed by atoms with E-state index in [1.54, 1.807) is 12.3 Å². The van der Waals surface area contributed by atoms with Crippen LogP contribution in [-0.4, -0.2) is 26.5 Å². The van der Waals surface area contributed by atoms with Gasteiger partial charge in [0.05, 0.1) is 17.6 Å². The molecule has 0 bridgehead atoms. The van der Waals surface area contributed by atoms with E-state index < -0.39 is 0 Å². The Morgan fingerprint density at radius 3 is 2.48 bits per heavy atom. The van der Waals surface area contributed by atoms with Crippen LogP contribution in [-0.2, 0) is 4.79 Å². The highest BCUT2D eigenvalue weighted by molar-refractivity contribution is 7.99. The molecule has 0 saturated heterocycles. The molecule has 0 saturated carbocycles. The van der Waals surface area contributed by atoms with Gasteiger partial charge in [-0.1, -0.05) is 54.2 Å². The van der Waals surface area contributed by atoms with Crippen molar-refractivity contribution < 1.29 is 9.21 Å². The summed E-state index contributed by atoms with van der Waals surface area (Å²) in [4.78, 5) is 12.3. The summed E-state index contributed by atoms with van der Waals surface area (Å²) in [6.45, 7) is 1.83. The van der Waals surface area contributed by atoms with Crippen molar-refractivity contribution in [1.82, 2.24) is 14.9 Å². The zero-order valence-electron chi connectivity index (χ0n) is 15.7. The summed E-state index contributed by atoms with van der Waals surface area (Å²) in [5, 5.41) is 11.5. The van der Waals surface area contributed by atoms with Crippen molar-refractivity contribution in [2.24, 2.45) is 0 Å². The van der Waals surface area contributed by atoms with Crippen molar-refractivity contribution in [3.8, 4) is 22.5 Å². The molecular formula is C21H19N5O2S. The molecule has 2 heterocycles. The number of nitrogens with zero attached hydrogens (tertiary/aromatic N) is 3. The Labute approximate surface area is 171 Å². The topological polar surface area (TPSA) is 99.0 Å². The highest BCUT2D eigenvalue weighted by Gasteiger charge is 2.16. The van der Waals surface area contributed by atoms with Gasteiger partial charge in [0.15, 0.2) is 5.82 Å². The summed E-state index contributed by atoms with van der Waals surface area (Å²) in [6, 6.07) is 19.6. The lowest BCUT2D eigenvalue weighted by Gasteiger charge is -2.07. The van der Waals surface area contributed by atoms with Crippen LogP contribution < -0.4 is 11.2 Å². The third-order valence-corrected chi connectivity index (χ3v) is 5.32. The number of carbonyl (C=O) groups is 1. The molecule has 7 nitrogen and oxygen atoms in total. The molecule has 0 fully saturated rings. The highest BCUT2D eigenvalue weighted by atomic mass is 32.2. The number of benzene rings is 2. The van der Waals surface area contributed by atoms with Crippen LogP contribution in [0.1, 0.15) is 5.76 Å². The zero-order chi connectivity index (χ0) is 20.2. The number of aromatic nitrogens is 3. The van der Waals surface area contributed by atoms with Crippen LogP contribution in [0.15, 0.2) is 76.5 Å². The first-order valence-corrected chi connectivity index (χ1v) is 9.93. The summed E-state index contributed by atoms with van der Waals surface area (Å²) in [5.41, 5.74) is 3.73. The first-order valence-electron chi connectivity index (χ1n) is 8.95. The maximum atomic E-state index is 12.3. The minimum atomic E-state index is -0.147. The molecular weight excluding hydrogens is 386 g/mol. The lowest BCUT2D eigenvalue weighted by atomic mass is 10.1. The molecule has 1 amide bonds. The van der Waals surface area contributed by atoms with Gasteiger partial charge in [-0.2, -0.15) is 0 Å². The summed E-state index contributed by atoms with van der Waals surface area (Å²) >= 11 is 1.22. The second-order valence-electron chi connectivity index (χ2n) is 6.35. The fourth-order valence-electron chi connectivity index (χ4n) is 2.88. The van der Waals surface area contributed by atoms with Crippen molar-refractivity contribution in [1.29, 1.82) is 0 Å². The number of rotatable bonds is 6. The van der Waals surface area contributed by atoms with Crippen LogP contribution in [0.2, 0.25) is 0 Å². The maximum absolute atomic E-state index is 12.3. The predicted octanol–water partition coefficient (Wildman–Crippen LogP) is 3.96. The molecule has 146 valence electrons. The van der Waals surface area contributed by atoms with Gasteiger partial charge in [-0.3, -0.25) is 4.79 Å². The summed E-state index contributed by atoms with van der Waals surface area (Å²) < 4.78 is 6.64. The number of nitrogens with one attached hydrogen (secondary N) is 1. The highest BCUT2D eigenvalue weighted by Crippen LogP contribution is 2.25. The molecule has 0 atom stereocenters. The number of nitrogens with two attached hydrogens (primary N) is 1. The Hall–Kier alpha value is -3.52. The molecule has 4 rings (SSSR count). The van der Waals surface area contributed by atoms with Crippen LogP contribution in [0, 0.1) is 6.92 Å². The SMILES string of the molecule is Cc1occc1-c1nnc(SCC(=O)Nc2ccc(-c3ccccc3)cc2)n1N. The molecule has 29 heavy (non-hydrogen) atoms. The largest absolute Gasteiger partial charge is 0.469 e. The van der Waals surface area contributed by atoms with Gasteiger partial charge in [-0.25, -0.2) is 4.68 Å². The van der Waals surface area contributed by atoms with Crippen LogP contribution in [0.25, 0.3) is 22.5 Å². The standard InChI is InChI=1S/C21H19N5O2S/c1-14-18(11-12-28-14)20-24-25-21(26(20)22)29-13-19(27)23-17-9-7-16(8-10-17)15-5-3-2-4-6-15/h2-12H,13,22H2,1H3,(H,23,27). The normalized spacial score (nSPS) is 10.8. The Morgan fingerprint density at radius 2 is 1.79 bits per heavy atom. The van der Waals surface area contributed by atoms with Crippen molar-refractivity contribution in [2.75, 3.05) is 16.9 Å². The van der Waals surface area contributed by atoms with Gasteiger partial charge in [-0.15, -0.1) is 10.2 Å². The first kappa shape index (κ1) is 18.8. The van der Waals surface area contributed by atoms with Crippen molar-refractivity contribution >= 4 is 23.4 Å². The number of carbonyl (C=O) groups excluding carboxylic acids is 1. The summed E-state index contributed by atoms with van der Waals surface area (Å²) in [5.74, 6) is 7.29. The van der Waals surface area contributed by atoms with Gasteiger partial charge in [0, 0.05) is 5.69 Å². The quantitative estimate of drug-likeness (QED) is 0.372. The fourth-order valence-corrected chi connectivity index (χ4v) is 3.54. The smallest absolute Gasteiger partial charge is 0.234 e. The lowest BCUT2D eigenvalue weighted by Crippen LogP contribution is -2.16. The second kappa shape index (κ2) is 8.24. The number of thioether (sulfide) groups is 1. The van der Waals surface area contributed by atoms with E-state index in [-0.39, 0.29) is 11.7 Å². The molecule has 0 aliphatic carbocycles. The Morgan fingerprint density at radius 1 is 1.07 bits per heavy atom. The molecule has 4 aromatic rings. The van der Waals surface area contributed by atoms with Crippen LogP contribution in [0.5, 0.6) is 0 Å². The van der Waals surface area contributed by atoms with E-state index in [2.05, 4.69) is 15.5 Å². The molecule has 2 aromatic carbocycles. The third-order valence-electron chi connectivity index (χ3n) is 4.37.